The lowest BCUT2D eigenvalue weighted by Crippen LogP contribution is -2.41. The third-order valence-electron chi connectivity index (χ3n) is 4.49. The number of anilines is 1. The lowest BCUT2D eigenvalue weighted by molar-refractivity contribution is -0.119. The zero-order chi connectivity index (χ0) is 23.1. The molecule has 0 aliphatic rings. The van der Waals surface area contributed by atoms with Crippen LogP contribution in [0.25, 0.3) is 0 Å². The molecule has 168 valence electrons. The van der Waals surface area contributed by atoms with Crippen LogP contribution >= 0.6 is 23.2 Å². The molecule has 3 aromatic rings. The molecule has 3 aromatic carbocycles. The Morgan fingerprint density at radius 2 is 1.72 bits per heavy atom. The van der Waals surface area contributed by atoms with Crippen LogP contribution < -0.4 is 14.4 Å². The lowest BCUT2D eigenvalue weighted by atomic mass is 10.2. The molecule has 0 radical (unpaired) electrons. The largest absolute Gasteiger partial charge is 0.492 e. The lowest BCUT2D eigenvalue weighted by Gasteiger charge is -2.24. The van der Waals surface area contributed by atoms with E-state index in [0.29, 0.717) is 5.75 Å². The number of halogens is 2. The van der Waals surface area contributed by atoms with Crippen molar-refractivity contribution in [1.29, 1.82) is 0 Å². The molecule has 0 saturated heterocycles. The molecule has 1 N–H and O–H groups in total. The molecule has 0 aliphatic carbocycles. The molecule has 0 heterocycles. The maximum atomic E-state index is 13.3. The van der Waals surface area contributed by atoms with Crippen molar-refractivity contribution in [3.05, 3.63) is 88.4 Å². The van der Waals surface area contributed by atoms with E-state index >= 15 is 0 Å². The molecule has 0 unspecified atom stereocenters. The van der Waals surface area contributed by atoms with Gasteiger partial charge in [0.15, 0.2) is 0 Å². The van der Waals surface area contributed by atoms with Crippen LogP contribution in [0.3, 0.4) is 0 Å². The van der Waals surface area contributed by atoms with E-state index in [1.165, 1.54) is 30.3 Å². The van der Waals surface area contributed by atoms with E-state index in [1.807, 2.05) is 31.2 Å². The van der Waals surface area contributed by atoms with Gasteiger partial charge in [-0.3, -0.25) is 9.10 Å². The number of amides is 1. The first-order valence-corrected chi connectivity index (χ1v) is 12.0. The highest BCUT2D eigenvalue weighted by Gasteiger charge is 2.27. The molecular formula is C23H22Cl2N2O4S. The fourth-order valence-corrected chi connectivity index (χ4v) is 4.65. The van der Waals surface area contributed by atoms with E-state index in [4.69, 9.17) is 27.9 Å². The average Bonchev–Trinajstić information content (AvgIpc) is 2.77. The number of carbonyl (C=O) groups is 1. The highest BCUT2D eigenvalue weighted by molar-refractivity contribution is 7.92. The van der Waals surface area contributed by atoms with Crippen molar-refractivity contribution in [2.45, 2.75) is 11.8 Å². The van der Waals surface area contributed by atoms with Crippen LogP contribution in [0.1, 0.15) is 5.56 Å². The van der Waals surface area contributed by atoms with Crippen LogP contribution in [-0.4, -0.2) is 34.0 Å². The van der Waals surface area contributed by atoms with Gasteiger partial charge in [0.05, 0.1) is 27.2 Å². The quantitative estimate of drug-likeness (QED) is 0.439. The Labute approximate surface area is 197 Å². The molecule has 0 atom stereocenters. The molecule has 3 rings (SSSR count). The van der Waals surface area contributed by atoms with Gasteiger partial charge in [-0.25, -0.2) is 8.42 Å². The summed E-state index contributed by atoms with van der Waals surface area (Å²) in [6.07, 6.45) is 0. The first-order chi connectivity index (χ1) is 15.3. The highest BCUT2D eigenvalue weighted by Crippen LogP contribution is 2.30. The number of hydrogen-bond donors (Lipinski definition) is 1. The molecule has 0 aromatic heterocycles. The Kier molecular flexibility index (Phi) is 8.01. The van der Waals surface area contributed by atoms with Crippen LogP contribution in [0.4, 0.5) is 5.69 Å². The zero-order valence-electron chi connectivity index (χ0n) is 17.3. The maximum absolute atomic E-state index is 13.3. The van der Waals surface area contributed by atoms with Crippen LogP contribution in [0.2, 0.25) is 10.0 Å². The Morgan fingerprint density at radius 3 is 2.41 bits per heavy atom. The summed E-state index contributed by atoms with van der Waals surface area (Å²) in [7, 11) is -4.02. The van der Waals surface area contributed by atoms with E-state index in [1.54, 1.807) is 18.2 Å². The van der Waals surface area contributed by atoms with E-state index in [-0.39, 0.29) is 33.8 Å². The molecule has 0 fully saturated rings. The minimum absolute atomic E-state index is 0.0571. The van der Waals surface area contributed by atoms with Crippen LogP contribution in [0.5, 0.6) is 5.75 Å². The number of sulfonamides is 1. The zero-order valence-corrected chi connectivity index (χ0v) is 19.6. The van der Waals surface area contributed by atoms with Crippen molar-refractivity contribution in [3.63, 3.8) is 0 Å². The van der Waals surface area contributed by atoms with E-state index in [2.05, 4.69) is 5.32 Å². The summed E-state index contributed by atoms with van der Waals surface area (Å²) >= 11 is 12.1. The first-order valence-electron chi connectivity index (χ1n) is 9.76. The summed E-state index contributed by atoms with van der Waals surface area (Å²) in [6, 6.07) is 19.8. The fraction of sp³-hybridized carbons (Fsp3) is 0.174. The van der Waals surface area contributed by atoms with E-state index < -0.39 is 22.5 Å². The van der Waals surface area contributed by atoms with Gasteiger partial charge in [0.2, 0.25) is 5.91 Å². The van der Waals surface area contributed by atoms with E-state index in [9.17, 15) is 13.2 Å². The van der Waals surface area contributed by atoms with Crippen LogP contribution in [0.15, 0.2) is 77.7 Å². The molecule has 0 saturated carbocycles. The molecule has 0 aliphatic heterocycles. The van der Waals surface area contributed by atoms with Crippen molar-refractivity contribution in [1.82, 2.24) is 5.32 Å². The van der Waals surface area contributed by atoms with Crippen molar-refractivity contribution < 1.29 is 17.9 Å². The van der Waals surface area contributed by atoms with Crippen LogP contribution in [0, 0.1) is 6.92 Å². The van der Waals surface area contributed by atoms with Gasteiger partial charge in [0.1, 0.15) is 18.9 Å². The summed E-state index contributed by atoms with van der Waals surface area (Å²) in [5, 5.41) is 3.16. The number of rotatable bonds is 9. The monoisotopic (exact) mass is 492 g/mol. The van der Waals surface area contributed by atoms with Gasteiger partial charge in [0.25, 0.3) is 10.0 Å². The van der Waals surface area contributed by atoms with Gasteiger partial charge in [-0.2, -0.15) is 0 Å². The maximum Gasteiger partial charge on any atom is 0.264 e. The van der Waals surface area contributed by atoms with Gasteiger partial charge >= 0.3 is 0 Å². The minimum Gasteiger partial charge on any atom is -0.492 e. The number of ether oxygens (including phenoxy) is 1. The third kappa shape index (κ3) is 6.16. The number of hydrogen-bond acceptors (Lipinski definition) is 4. The molecule has 0 bridgehead atoms. The molecule has 32 heavy (non-hydrogen) atoms. The molecule has 1 amide bonds. The summed E-state index contributed by atoms with van der Waals surface area (Å²) in [5.74, 6) is 0.215. The highest BCUT2D eigenvalue weighted by atomic mass is 35.5. The smallest absolute Gasteiger partial charge is 0.264 e. The van der Waals surface area contributed by atoms with Crippen molar-refractivity contribution in [2.75, 3.05) is 24.0 Å². The van der Waals surface area contributed by atoms with Crippen molar-refractivity contribution in [2.24, 2.45) is 0 Å². The summed E-state index contributed by atoms with van der Waals surface area (Å²) in [4.78, 5) is 12.6. The number of benzene rings is 3. The van der Waals surface area contributed by atoms with Gasteiger partial charge < -0.3 is 10.1 Å². The van der Waals surface area contributed by atoms with Gasteiger partial charge in [-0.05, 0) is 55.0 Å². The second kappa shape index (κ2) is 10.7. The Bertz CT molecular complexity index is 1190. The van der Waals surface area contributed by atoms with Gasteiger partial charge in [-0.1, -0.05) is 53.5 Å². The summed E-state index contributed by atoms with van der Waals surface area (Å²) in [6.45, 7) is 1.99. The summed E-state index contributed by atoms with van der Waals surface area (Å²) < 4.78 is 33.1. The number of nitrogens with one attached hydrogen (secondary N) is 1. The van der Waals surface area contributed by atoms with E-state index in [0.717, 1.165) is 9.87 Å². The molecule has 6 nitrogen and oxygen atoms in total. The van der Waals surface area contributed by atoms with Crippen molar-refractivity contribution in [3.8, 4) is 5.75 Å². The van der Waals surface area contributed by atoms with Gasteiger partial charge in [-0.15, -0.1) is 0 Å². The Hall–Kier alpha value is -2.74. The fourth-order valence-electron chi connectivity index (χ4n) is 2.93. The third-order valence-corrected chi connectivity index (χ3v) is 7.02. The topological polar surface area (TPSA) is 75.7 Å². The predicted molar refractivity (Wildman–Crippen MR) is 127 cm³/mol. The van der Waals surface area contributed by atoms with Gasteiger partial charge in [0, 0.05) is 0 Å². The normalized spacial score (nSPS) is 11.1. The minimum atomic E-state index is -4.02. The average molecular weight is 493 g/mol. The predicted octanol–water partition coefficient (Wildman–Crippen LogP) is 4.69. The first kappa shape index (κ1) is 23.9. The van der Waals surface area contributed by atoms with Crippen molar-refractivity contribution >= 4 is 44.8 Å². The number of carbonyl (C=O) groups excluding carboxylic acids is 1. The standard InChI is InChI=1S/C23H22Cl2N2O4S/c1-17-6-5-7-19(14-17)31-13-12-26-23(28)16-27(18-10-11-21(24)22(25)15-18)32(29,30)20-8-3-2-4-9-20/h2-11,14-15H,12-13,16H2,1H3,(H,26,28). The second-order valence-electron chi connectivity index (χ2n) is 6.94. The Balaban J connectivity index is 1.72. The van der Waals surface area contributed by atoms with Crippen LogP contribution in [-0.2, 0) is 14.8 Å². The number of aryl methyl sites for hydroxylation is 1. The molecule has 0 spiro atoms. The number of nitrogens with zero attached hydrogens (tertiary/aromatic N) is 1. The Morgan fingerprint density at radius 1 is 0.969 bits per heavy atom. The molecule has 9 heteroatoms. The molecular weight excluding hydrogens is 471 g/mol. The second-order valence-corrected chi connectivity index (χ2v) is 9.61. The SMILES string of the molecule is Cc1cccc(OCCNC(=O)CN(c2ccc(Cl)c(Cl)c2)S(=O)(=O)c2ccccc2)c1. The summed E-state index contributed by atoms with van der Waals surface area (Å²) in [5.41, 5.74) is 1.30.